The van der Waals surface area contributed by atoms with Crippen LogP contribution in [0.3, 0.4) is 0 Å². The molecule has 1 amide bonds. The van der Waals surface area contributed by atoms with Gasteiger partial charge in [0.25, 0.3) is 0 Å². The van der Waals surface area contributed by atoms with Gasteiger partial charge in [-0.25, -0.2) is 8.42 Å². The van der Waals surface area contributed by atoms with Crippen LogP contribution < -0.4 is 0 Å². The van der Waals surface area contributed by atoms with Crippen molar-refractivity contribution in [2.75, 3.05) is 39.0 Å². The average Bonchev–Trinajstić information content (AvgIpc) is 2.48. The van der Waals surface area contributed by atoms with Crippen LogP contribution in [0.25, 0.3) is 0 Å². The number of likely N-dealkylation sites (N-methyl/N-ethyl adjacent to an activating group) is 1. The van der Waals surface area contributed by atoms with Crippen molar-refractivity contribution in [2.24, 2.45) is 0 Å². The Morgan fingerprint density at radius 2 is 1.77 bits per heavy atom. The molecule has 0 saturated carbocycles. The zero-order valence-electron chi connectivity index (χ0n) is 12.3. The van der Waals surface area contributed by atoms with E-state index in [-0.39, 0.29) is 28.0 Å². The molecule has 2 rings (SSSR count). The fourth-order valence-corrected chi connectivity index (χ4v) is 3.84. The zero-order chi connectivity index (χ0) is 16.3. The van der Waals surface area contributed by atoms with Gasteiger partial charge in [0.15, 0.2) is 9.84 Å². The van der Waals surface area contributed by atoms with Crippen molar-refractivity contribution < 1.29 is 13.2 Å². The molecular formula is C14H18Cl2N2O3S. The molecule has 1 saturated heterocycles. The first-order valence-corrected chi connectivity index (χ1v) is 9.34. The molecular weight excluding hydrogens is 347 g/mol. The fraction of sp³-hybridized carbons (Fsp3) is 0.500. The van der Waals surface area contributed by atoms with Crippen LogP contribution in [0, 0.1) is 0 Å². The van der Waals surface area contributed by atoms with E-state index in [0.717, 1.165) is 13.1 Å². The van der Waals surface area contributed by atoms with Crippen molar-refractivity contribution in [1.82, 2.24) is 9.80 Å². The second-order valence-corrected chi connectivity index (χ2v) is 8.25. The van der Waals surface area contributed by atoms with Crippen LogP contribution in [0.2, 0.25) is 10.0 Å². The Labute approximate surface area is 140 Å². The minimum absolute atomic E-state index is 0.0215. The standard InChI is InChI=1S/C14H18Cl2N2O3S/c1-17-5-7-18(8-6-17)14(19)4-9-22(20,21)11-2-3-12(15)13(16)10-11/h2-3,10H,4-9H2,1H3. The first kappa shape index (κ1) is 17.5. The van der Waals surface area contributed by atoms with Gasteiger partial charge in [-0.3, -0.25) is 4.79 Å². The van der Waals surface area contributed by atoms with Crippen molar-refractivity contribution in [3.8, 4) is 0 Å². The molecule has 1 aromatic rings. The number of amides is 1. The summed E-state index contributed by atoms with van der Waals surface area (Å²) in [5, 5.41) is 0.488. The highest BCUT2D eigenvalue weighted by Crippen LogP contribution is 2.25. The number of hydrogen-bond donors (Lipinski definition) is 0. The number of carbonyl (C=O) groups is 1. The summed E-state index contributed by atoms with van der Waals surface area (Å²) in [6, 6.07) is 4.17. The van der Waals surface area contributed by atoms with Crippen molar-refractivity contribution in [3.05, 3.63) is 28.2 Å². The molecule has 8 heteroatoms. The topological polar surface area (TPSA) is 57.7 Å². The molecule has 5 nitrogen and oxygen atoms in total. The highest BCUT2D eigenvalue weighted by molar-refractivity contribution is 7.91. The molecule has 22 heavy (non-hydrogen) atoms. The van der Waals surface area contributed by atoms with E-state index in [0.29, 0.717) is 18.1 Å². The Morgan fingerprint density at radius 1 is 1.14 bits per heavy atom. The van der Waals surface area contributed by atoms with Crippen molar-refractivity contribution in [2.45, 2.75) is 11.3 Å². The van der Waals surface area contributed by atoms with Crippen molar-refractivity contribution in [1.29, 1.82) is 0 Å². The molecule has 1 aliphatic heterocycles. The number of piperazine rings is 1. The van der Waals surface area contributed by atoms with Crippen LogP contribution in [0.1, 0.15) is 6.42 Å². The van der Waals surface area contributed by atoms with E-state index in [2.05, 4.69) is 4.90 Å². The lowest BCUT2D eigenvalue weighted by atomic mass is 10.3. The summed E-state index contributed by atoms with van der Waals surface area (Å²) in [7, 11) is -1.55. The molecule has 1 aromatic carbocycles. The molecule has 0 aliphatic carbocycles. The van der Waals surface area contributed by atoms with Gasteiger partial charge in [-0.1, -0.05) is 23.2 Å². The second kappa shape index (κ2) is 7.17. The number of nitrogens with zero attached hydrogens (tertiary/aromatic N) is 2. The maximum Gasteiger partial charge on any atom is 0.223 e. The van der Waals surface area contributed by atoms with Crippen LogP contribution in [-0.2, 0) is 14.6 Å². The van der Waals surface area contributed by atoms with E-state index in [9.17, 15) is 13.2 Å². The third-order valence-corrected chi connectivity index (χ3v) is 6.14. The monoisotopic (exact) mass is 364 g/mol. The van der Waals surface area contributed by atoms with Gasteiger partial charge in [-0.05, 0) is 25.2 Å². The first-order valence-electron chi connectivity index (χ1n) is 6.94. The van der Waals surface area contributed by atoms with E-state index in [1.54, 1.807) is 4.90 Å². The number of hydrogen-bond acceptors (Lipinski definition) is 4. The third-order valence-electron chi connectivity index (χ3n) is 3.69. The molecule has 1 heterocycles. The van der Waals surface area contributed by atoms with Crippen LogP contribution in [0.5, 0.6) is 0 Å². The number of benzene rings is 1. The summed E-state index contributed by atoms with van der Waals surface area (Å²) in [6.45, 7) is 2.90. The number of carbonyl (C=O) groups excluding carboxylic acids is 1. The molecule has 0 bridgehead atoms. The normalized spacial score (nSPS) is 16.8. The minimum Gasteiger partial charge on any atom is -0.340 e. The molecule has 0 aromatic heterocycles. The summed E-state index contributed by atoms with van der Waals surface area (Å²) in [5.41, 5.74) is 0. The van der Waals surface area contributed by atoms with Gasteiger partial charge in [-0.15, -0.1) is 0 Å². The minimum atomic E-state index is -3.55. The Morgan fingerprint density at radius 3 is 2.36 bits per heavy atom. The molecule has 0 spiro atoms. The fourth-order valence-electron chi connectivity index (χ4n) is 2.22. The third kappa shape index (κ3) is 4.35. The molecule has 1 fully saturated rings. The average molecular weight is 365 g/mol. The SMILES string of the molecule is CN1CCN(C(=O)CCS(=O)(=O)c2ccc(Cl)c(Cl)c2)CC1. The molecule has 0 unspecified atom stereocenters. The second-order valence-electron chi connectivity index (χ2n) is 5.33. The van der Waals surface area contributed by atoms with Gasteiger partial charge in [0.2, 0.25) is 5.91 Å². The summed E-state index contributed by atoms with van der Waals surface area (Å²) < 4.78 is 24.5. The smallest absolute Gasteiger partial charge is 0.223 e. The van der Waals surface area contributed by atoms with Gasteiger partial charge in [0.05, 0.1) is 20.7 Å². The summed E-state index contributed by atoms with van der Waals surface area (Å²) in [5.74, 6) is -0.354. The van der Waals surface area contributed by atoms with E-state index >= 15 is 0 Å². The van der Waals surface area contributed by atoms with Gasteiger partial charge >= 0.3 is 0 Å². The highest BCUT2D eigenvalue weighted by Gasteiger charge is 2.22. The van der Waals surface area contributed by atoms with Crippen LogP contribution in [0.4, 0.5) is 0 Å². The number of sulfone groups is 1. The largest absolute Gasteiger partial charge is 0.340 e. The molecule has 0 atom stereocenters. The van der Waals surface area contributed by atoms with Crippen molar-refractivity contribution in [3.63, 3.8) is 0 Å². The quantitative estimate of drug-likeness (QED) is 0.818. The lowest BCUT2D eigenvalue weighted by Gasteiger charge is -2.32. The van der Waals surface area contributed by atoms with E-state index in [1.165, 1.54) is 18.2 Å². The zero-order valence-corrected chi connectivity index (χ0v) is 14.6. The Balaban J connectivity index is 1.97. The predicted molar refractivity (Wildman–Crippen MR) is 87.2 cm³/mol. The Hall–Kier alpha value is -0.820. The predicted octanol–water partition coefficient (Wildman–Crippen LogP) is 1.93. The summed E-state index contributed by atoms with van der Waals surface area (Å²) in [4.78, 5) is 16.0. The Bertz CT molecular complexity index is 656. The summed E-state index contributed by atoms with van der Waals surface area (Å²) in [6.07, 6.45) is -0.0215. The van der Waals surface area contributed by atoms with Gasteiger partial charge in [0, 0.05) is 32.6 Å². The number of halogens is 2. The van der Waals surface area contributed by atoms with Crippen molar-refractivity contribution >= 4 is 38.9 Å². The molecule has 0 radical (unpaired) electrons. The molecule has 1 aliphatic rings. The van der Waals surface area contributed by atoms with E-state index in [1.807, 2.05) is 7.05 Å². The van der Waals surface area contributed by atoms with Gasteiger partial charge < -0.3 is 9.80 Å². The van der Waals surface area contributed by atoms with Crippen LogP contribution >= 0.6 is 23.2 Å². The van der Waals surface area contributed by atoms with Gasteiger partial charge in [-0.2, -0.15) is 0 Å². The first-order chi connectivity index (χ1) is 10.3. The maximum atomic E-state index is 12.3. The molecule has 0 N–H and O–H groups in total. The maximum absolute atomic E-state index is 12.3. The lowest BCUT2D eigenvalue weighted by molar-refractivity contribution is -0.132. The Kier molecular flexibility index (Phi) is 5.71. The summed E-state index contributed by atoms with van der Waals surface area (Å²) >= 11 is 11.6. The van der Waals surface area contributed by atoms with E-state index in [4.69, 9.17) is 23.2 Å². The lowest BCUT2D eigenvalue weighted by Crippen LogP contribution is -2.47. The van der Waals surface area contributed by atoms with Gasteiger partial charge in [0.1, 0.15) is 0 Å². The number of rotatable bonds is 4. The molecule has 122 valence electrons. The van der Waals surface area contributed by atoms with E-state index < -0.39 is 9.84 Å². The van der Waals surface area contributed by atoms with Crippen LogP contribution in [0.15, 0.2) is 23.1 Å². The van der Waals surface area contributed by atoms with Crippen LogP contribution in [-0.4, -0.2) is 63.1 Å². The highest BCUT2D eigenvalue weighted by atomic mass is 35.5.